The molecular formula is C35H46ClN5O4S. The topological polar surface area (TPSA) is 106 Å². The summed E-state index contributed by atoms with van der Waals surface area (Å²) in [4.78, 5) is 11.9. The van der Waals surface area contributed by atoms with Gasteiger partial charge in [-0.1, -0.05) is 29.8 Å². The van der Waals surface area contributed by atoms with Crippen molar-refractivity contribution in [3.8, 4) is 5.75 Å². The third-order valence-electron chi connectivity index (χ3n) is 8.64. The van der Waals surface area contributed by atoms with Gasteiger partial charge in [-0.3, -0.25) is 4.90 Å². The van der Waals surface area contributed by atoms with Crippen LogP contribution >= 0.6 is 11.6 Å². The van der Waals surface area contributed by atoms with E-state index in [9.17, 15) is 8.42 Å². The number of para-hydroxylation sites is 1. The lowest BCUT2D eigenvalue weighted by molar-refractivity contribution is 0.00901. The van der Waals surface area contributed by atoms with Crippen molar-refractivity contribution in [2.24, 2.45) is 0 Å². The zero-order chi connectivity index (χ0) is 33.2. The van der Waals surface area contributed by atoms with E-state index in [0.29, 0.717) is 35.5 Å². The van der Waals surface area contributed by atoms with Crippen molar-refractivity contribution in [3.63, 3.8) is 0 Å². The minimum absolute atomic E-state index is 0.0546. The second-order valence-corrected chi connectivity index (χ2v) is 15.7. The average molecular weight is 668 g/mol. The molecule has 1 fully saturated rings. The molecule has 0 spiro atoms. The van der Waals surface area contributed by atoms with Gasteiger partial charge in [-0.2, -0.15) is 4.98 Å². The lowest BCUT2D eigenvalue weighted by atomic mass is 9.87. The highest BCUT2D eigenvalue weighted by Gasteiger charge is 2.33. The first kappa shape index (κ1) is 34.2. The van der Waals surface area contributed by atoms with Gasteiger partial charge in [0.25, 0.3) is 0 Å². The van der Waals surface area contributed by atoms with Gasteiger partial charge in [-0.05, 0) is 109 Å². The smallest absolute Gasteiger partial charge is 0.229 e. The molecule has 0 aliphatic carbocycles. The van der Waals surface area contributed by atoms with E-state index in [1.54, 1.807) is 38.1 Å². The summed E-state index contributed by atoms with van der Waals surface area (Å²) in [5, 5.41) is 6.13. The Morgan fingerprint density at radius 3 is 2.43 bits per heavy atom. The number of anilines is 4. The highest BCUT2D eigenvalue weighted by Crippen LogP contribution is 2.39. The summed E-state index contributed by atoms with van der Waals surface area (Å²) >= 11 is 6.49. The molecule has 2 aromatic carbocycles. The molecule has 3 heterocycles. The largest absolute Gasteiger partial charge is 0.489 e. The number of nitrogens with zero attached hydrogens (tertiary/aromatic N) is 3. The Morgan fingerprint density at radius 1 is 1.04 bits per heavy atom. The zero-order valence-electron chi connectivity index (χ0n) is 27.8. The maximum atomic E-state index is 13.0. The number of hydrogen-bond acceptors (Lipinski definition) is 9. The van der Waals surface area contributed by atoms with Crippen molar-refractivity contribution in [3.05, 3.63) is 64.8 Å². The summed E-state index contributed by atoms with van der Waals surface area (Å²) in [5.74, 6) is 1.28. The molecule has 2 unspecified atom stereocenters. The predicted octanol–water partition coefficient (Wildman–Crippen LogP) is 7.94. The molecular weight excluding hydrogens is 622 g/mol. The fourth-order valence-corrected chi connectivity index (χ4v) is 7.80. The van der Waals surface area contributed by atoms with Crippen LogP contribution in [0.25, 0.3) is 5.57 Å². The van der Waals surface area contributed by atoms with Gasteiger partial charge in [0.05, 0.1) is 33.8 Å². The average Bonchev–Trinajstić information content (AvgIpc) is 3.00. The molecule has 1 saturated heterocycles. The van der Waals surface area contributed by atoms with E-state index >= 15 is 0 Å². The summed E-state index contributed by atoms with van der Waals surface area (Å²) in [7, 11) is -3.54. The van der Waals surface area contributed by atoms with Gasteiger partial charge in [0.1, 0.15) is 10.8 Å². The summed E-state index contributed by atoms with van der Waals surface area (Å²) in [6.45, 7) is 15.7. The number of halogens is 1. The van der Waals surface area contributed by atoms with Crippen LogP contribution in [0.4, 0.5) is 23.1 Å². The molecule has 5 rings (SSSR count). The van der Waals surface area contributed by atoms with E-state index in [0.717, 1.165) is 43.7 Å². The van der Waals surface area contributed by atoms with Gasteiger partial charge < -0.3 is 20.1 Å². The molecule has 1 aromatic heterocycles. The molecule has 46 heavy (non-hydrogen) atoms. The monoisotopic (exact) mass is 667 g/mol. The SMILES string of the molecule is Cc1cc(Nc2ncc(Cl)c(Nc3ccccc3S(=O)(=O)C(C)C)n2)c(OC(C)C)cc1C1=CC(C)N(C2CCOCC2)C(C)C1. The normalized spacial score (nSPS) is 19.7. The van der Waals surface area contributed by atoms with Crippen molar-refractivity contribution in [1.82, 2.24) is 14.9 Å². The summed E-state index contributed by atoms with van der Waals surface area (Å²) in [6, 6.07) is 12.2. The minimum atomic E-state index is -3.54. The molecule has 2 aliphatic rings. The lowest BCUT2D eigenvalue weighted by Gasteiger charge is -2.45. The predicted molar refractivity (Wildman–Crippen MR) is 187 cm³/mol. The molecule has 0 bridgehead atoms. The Kier molecular flexibility index (Phi) is 10.6. The number of benzene rings is 2. The Labute approximate surface area is 278 Å². The van der Waals surface area contributed by atoms with Gasteiger partial charge in [0.15, 0.2) is 15.7 Å². The molecule has 2 aliphatic heterocycles. The van der Waals surface area contributed by atoms with Crippen LogP contribution in [0.3, 0.4) is 0 Å². The van der Waals surface area contributed by atoms with Gasteiger partial charge >= 0.3 is 0 Å². The van der Waals surface area contributed by atoms with Crippen molar-refractivity contribution in [1.29, 1.82) is 0 Å². The van der Waals surface area contributed by atoms with Crippen molar-refractivity contribution in [2.45, 2.75) is 102 Å². The summed E-state index contributed by atoms with van der Waals surface area (Å²) < 4.78 is 38.0. The molecule has 2 N–H and O–H groups in total. The Bertz CT molecular complexity index is 1690. The summed E-state index contributed by atoms with van der Waals surface area (Å²) in [6.07, 6.45) is 6.96. The molecule has 0 saturated carbocycles. The van der Waals surface area contributed by atoms with Gasteiger partial charge in [0.2, 0.25) is 5.95 Å². The van der Waals surface area contributed by atoms with Crippen LogP contribution in [0.1, 0.15) is 71.9 Å². The van der Waals surface area contributed by atoms with E-state index in [2.05, 4.69) is 64.5 Å². The van der Waals surface area contributed by atoms with E-state index in [1.807, 2.05) is 13.8 Å². The van der Waals surface area contributed by atoms with E-state index in [4.69, 9.17) is 21.1 Å². The van der Waals surface area contributed by atoms with Crippen LogP contribution in [0.2, 0.25) is 5.02 Å². The number of rotatable bonds is 10. The number of aryl methyl sites for hydroxylation is 1. The molecule has 3 aromatic rings. The number of hydrogen-bond donors (Lipinski definition) is 2. The highest BCUT2D eigenvalue weighted by molar-refractivity contribution is 7.92. The molecule has 248 valence electrons. The van der Waals surface area contributed by atoms with Crippen LogP contribution in [0.5, 0.6) is 5.75 Å². The second kappa shape index (κ2) is 14.3. The Hall–Kier alpha value is -3.18. The van der Waals surface area contributed by atoms with Crippen molar-refractivity contribution in [2.75, 3.05) is 23.8 Å². The maximum absolute atomic E-state index is 13.0. The first-order chi connectivity index (χ1) is 21.8. The standard InChI is InChI=1S/C35H46ClN5O4S/c1-21(2)45-32-19-28(26-17-24(6)41(25(7)18-26)27-12-14-44-15-13-27)23(5)16-31(32)39-35-37-20-29(36)34(40-35)38-30-10-8-9-11-33(30)46(42,43)22(3)4/h8-11,16-17,19-22,24-25,27H,12-15,18H2,1-7H3,(H2,37,38,39,40). The van der Waals surface area contributed by atoms with Gasteiger partial charge in [-0.15, -0.1) is 0 Å². The second-order valence-electron chi connectivity index (χ2n) is 12.8. The highest BCUT2D eigenvalue weighted by atomic mass is 35.5. The number of nitrogens with one attached hydrogen (secondary N) is 2. The lowest BCUT2D eigenvalue weighted by Crippen LogP contribution is -2.50. The van der Waals surface area contributed by atoms with Crippen LogP contribution < -0.4 is 15.4 Å². The van der Waals surface area contributed by atoms with Crippen LogP contribution in [-0.2, 0) is 14.6 Å². The van der Waals surface area contributed by atoms with Crippen LogP contribution in [0.15, 0.2) is 53.6 Å². The quantitative estimate of drug-likeness (QED) is 0.223. The fourth-order valence-electron chi connectivity index (χ4n) is 6.46. The summed E-state index contributed by atoms with van der Waals surface area (Å²) in [5.41, 5.74) is 4.74. The zero-order valence-corrected chi connectivity index (χ0v) is 29.4. The molecule has 11 heteroatoms. The molecule has 9 nitrogen and oxygen atoms in total. The van der Waals surface area contributed by atoms with E-state index in [-0.39, 0.29) is 21.8 Å². The molecule has 0 radical (unpaired) electrons. The van der Waals surface area contributed by atoms with E-state index < -0.39 is 15.1 Å². The number of ether oxygens (including phenoxy) is 2. The number of aromatic nitrogens is 2. The van der Waals surface area contributed by atoms with E-state index in [1.165, 1.54) is 17.3 Å². The minimum Gasteiger partial charge on any atom is -0.489 e. The maximum Gasteiger partial charge on any atom is 0.229 e. The van der Waals surface area contributed by atoms with Crippen LogP contribution in [-0.4, -0.2) is 66.0 Å². The van der Waals surface area contributed by atoms with Crippen LogP contribution in [0, 0.1) is 6.92 Å². The number of sulfone groups is 1. The molecule has 0 amide bonds. The van der Waals surface area contributed by atoms with Crippen molar-refractivity contribution >= 4 is 50.2 Å². The fraction of sp³-hybridized carbons (Fsp3) is 0.486. The third kappa shape index (κ3) is 7.51. The third-order valence-corrected chi connectivity index (χ3v) is 11.1. The van der Waals surface area contributed by atoms with Gasteiger partial charge in [-0.25, -0.2) is 13.4 Å². The first-order valence-corrected chi connectivity index (χ1v) is 18.0. The van der Waals surface area contributed by atoms with Crippen molar-refractivity contribution < 1.29 is 17.9 Å². The molecule has 2 atom stereocenters. The Morgan fingerprint density at radius 2 is 1.76 bits per heavy atom. The Balaban J connectivity index is 1.44. The van der Waals surface area contributed by atoms with Gasteiger partial charge in [0, 0.05) is 31.3 Å². The first-order valence-electron chi connectivity index (χ1n) is 16.1.